The third-order valence-electron chi connectivity index (χ3n) is 6.57. The van der Waals surface area contributed by atoms with Gasteiger partial charge < -0.3 is 24.3 Å². The SMILES string of the molecule is [2H]c1c([2H])c(C2(C(=O)Cc3c(F)c([2H])c4c(c3[2H])c([2H])c(C(C)(C)C([2H])([2H])C)n4C([2H])([2H])[C@@H](O)C([2H])([2H])O)CC2)c([2H])c2c1OC(F)(F)O2. The van der Waals surface area contributed by atoms with Gasteiger partial charge in [-0.3, -0.25) is 4.79 Å². The topological polar surface area (TPSA) is 80.9 Å². The van der Waals surface area contributed by atoms with Crippen LogP contribution in [0.1, 0.15) is 73.3 Å². The fourth-order valence-electron chi connectivity index (χ4n) is 4.15. The Bertz CT molecular complexity index is 1930. The highest BCUT2D eigenvalue weighted by Gasteiger charge is 2.52. The van der Waals surface area contributed by atoms with Crippen LogP contribution in [0.3, 0.4) is 0 Å². The number of Topliss-reactive ketones (excluding diaryl/α,β-unsaturated/α-hetero) is 1. The van der Waals surface area contributed by atoms with Crippen molar-refractivity contribution >= 4 is 16.7 Å². The molecule has 1 aromatic heterocycles. The molecule has 6 nitrogen and oxygen atoms in total. The molecule has 5 rings (SSSR count). The fourth-order valence-corrected chi connectivity index (χ4v) is 4.15. The maximum absolute atomic E-state index is 16.2. The molecule has 0 bridgehead atoms. The summed E-state index contributed by atoms with van der Waals surface area (Å²) in [6.45, 7) is -3.63. The molecule has 0 unspecified atom stereocenters. The van der Waals surface area contributed by atoms with Crippen LogP contribution in [0.15, 0.2) is 36.3 Å². The molecule has 3 aromatic rings. The zero-order chi connectivity index (χ0) is 37.4. The minimum atomic E-state index is -4.25. The molecule has 2 aliphatic rings. The molecule has 2 heterocycles. The number of alkyl halides is 2. The lowest BCUT2D eigenvalue weighted by Crippen LogP contribution is -2.26. The lowest BCUT2D eigenvalue weighted by molar-refractivity contribution is -0.286. The fraction of sp³-hybridized carbons (Fsp3) is 0.464. The molecule has 1 aliphatic carbocycles. The molecule has 37 heavy (non-hydrogen) atoms. The second-order valence-electron chi connectivity index (χ2n) is 9.37. The number of aromatic nitrogens is 1. The largest absolute Gasteiger partial charge is 0.586 e. The maximum Gasteiger partial charge on any atom is 0.586 e. The zero-order valence-corrected chi connectivity index (χ0v) is 19.9. The quantitative estimate of drug-likeness (QED) is 0.409. The molecule has 0 radical (unpaired) electrons. The summed E-state index contributed by atoms with van der Waals surface area (Å²) in [7, 11) is 0. The summed E-state index contributed by atoms with van der Waals surface area (Å²) in [5, 5.41) is 19.8. The summed E-state index contributed by atoms with van der Waals surface area (Å²) in [4.78, 5) is 13.9. The van der Waals surface area contributed by atoms with Gasteiger partial charge in [0.25, 0.3) is 0 Å². The van der Waals surface area contributed by atoms with Gasteiger partial charge in [0.2, 0.25) is 0 Å². The smallest absolute Gasteiger partial charge is 0.395 e. The van der Waals surface area contributed by atoms with E-state index in [1.54, 1.807) is 0 Å². The van der Waals surface area contributed by atoms with Crippen molar-refractivity contribution in [2.75, 3.05) is 6.56 Å². The summed E-state index contributed by atoms with van der Waals surface area (Å²) in [5.41, 5.74) is -6.47. The van der Waals surface area contributed by atoms with Crippen molar-refractivity contribution in [3.8, 4) is 11.5 Å². The van der Waals surface area contributed by atoms with Gasteiger partial charge >= 0.3 is 6.29 Å². The van der Waals surface area contributed by atoms with Crippen molar-refractivity contribution in [3.05, 3.63) is 58.9 Å². The van der Waals surface area contributed by atoms with Gasteiger partial charge in [0.15, 0.2) is 11.5 Å². The van der Waals surface area contributed by atoms with Gasteiger partial charge in [-0.15, -0.1) is 8.78 Å². The van der Waals surface area contributed by atoms with E-state index in [2.05, 4.69) is 9.47 Å². The number of aliphatic hydroxyl groups is 2. The van der Waals surface area contributed by atoms with Crippen LogP contribution in [-0.4, -0.2) is 39.5 Å². The number of ether oxygens (including phenoxy) is 2. The number of nitrogens with zero attached hydrogens (tertiary/aromatic N) is 1. The Morgan fingerprint density at radius 1 is 1.22 bits per heavy atom. The molecule has 9 heteroatoms. The summed E-state index contributed by atoms with van der Waals surface area (Å²) in [6.07, 6.45) is -10.7. The second-order valence-corrected chi connectivity index (χ2v) is 9.37. The van der Waals surface area contributed by atoms with Crippen LogP contribution in [0, 0.1) is 5.82 Å². The van der Waals surface area contributed by atoms with E-state index in [0.717, 1.165) is 6.92 Å². The number of carbonyl (C=O) groups excluding carboxylic acids is 1. The van der Waals surface area contributed by atoms with E-state index in [9.17, 15) is 23.8 Å². The first-order valence-corrected chi connectivity index (χ1v) is 11.2. The summed E-state index contributed by atoms with van der Waals surface area (Å²) in [5.74, 6) is -4.28. The Labute approximate surface area is 229 Å². The number of hydrogen-bond donors (Lipinski definition) is 2. The minimum Gasteiger partial charge on any atom is -0.395 e. The van der Waals surface area contributed by atoms with E-state index in [4.69, 9.17) is 16.4 Å². The average molecular weight is 530 g/mol. The van der Waals surface area contributed by atoms with Crippen molar-refractivity contribution in [1.29, 1.82) is 0 Å². The molecule has 1 saturated carbocycles. The Morgan fingerprint density at radius 2 is 1.92 bits per heavy atom. The van der Waals surface area contributed by atoms with E-state index in [-0.39, 0.29) is 12.8 Å². The maximum atomic E-state index is 16.2. The third kappa shape index (κ3) is 4.48. The molecule has 2 aromatic carbocycles. The number of rotatable bonds is 9. The van der Waals surface area contributed by atoms with E-state index in [0.29, 0.717) is 4.57 Å². The van der Waals surface area contributed by atoms with Crippen molar-refractivity contribution in [2.45, 2.75) is 76.1 Å². The number of hydrogen-bond acceptors (Lipinski definition) is 5. The highest BCUT2D eigenvalue weighted by molar-refractivity contribution is 5.95. The molecule has 0 spiro atoms. The molecule has 0 amide bonds. The van der Waals surface area contributed by atoms with E-state index in [1.165, 1.54) is 13.8 Å². The number of carbonyl (C=O) groups is 1. The predicted octanol–water partition coefficient (Wildman–Crippen LogP) is 4.99. The molecular formula is C28H30F3NO5. The van der Waals surface area contributed by atoms with Gasteiger partial charge in [-0.1, -0.05) is 26.8 Å². The molecule has 2 N–H and O–H groups in total. The van der Waals surface area contributed by atoms with Crippen LogP contribution in [0.2, 0.25) is 0 Å². The number of halogens is 3. The zero-order valence-electron chi connectivity index (χ0n) is 31.9. The third-order valence-corrected chi connectivity index (χ3v) is 6.57. The lowest BCUT2D eigenvalue weighted by atomic mass is 9.86. The van der Waals surface area contributed by atoms with E-state index >= 15 is 4.39 Å². The Balaban J connectivity index is 1.73. The molecular weight excluding hydrogens is 487 g/mol. The van der Waals surface area contributed by atoms with Crippen molar-refractivity contribution < 1.29 is 54.1 Å². The van der Waals surface area contributed by atoms with Crippen molar-refractivity contribution in [3.63, 3.8) is 0 Å². The first kappa shape index (κ1) is 14.8. The van der Waals surface area contributed by atoms with Gasteiger partial charge in [0.1, 0.15) is 11.6 Å². The van der Waals surface area contributed by atoms with Crippen LogP contribution in [0.5, 0.6) is 11.5 Å². The van der Waals surface area contributed by atoms with Crippen molar-refractivity contribution in [1.82, 2.24) is 4.57 Å². The minimum absolute atomic E-state index is 0.0742. The lowest BCUT2D eigenvalue weighted by Gasteiger charge is -2.26. The Hall–Kier alpha value is -3.04. The monoisotopic (exact) mass is 529 g/mol. The van der Waals surface area contributed by atoms with Crippen LogP contribution < -0.4 is 9.47 Å². The van der Waals surface area contributed by atoms with Gasteiger partial charge in [0, 0.05) is 25.7 Å². The van der Waals surface area contributed by atoms with Gasteiger partial charge in [-0.25, -0.2) is 4.39 Å². The molecule has 1 atom stereocenters. The standard InChI is InChI=1S/C28H30F3NO5/c1-4-26(2,3)24-10-17-9-16(20(29)13-21(17)32(24)14-19(34)15-33)11-25(35)27(7-8-27)18-5-6-22-23(12-18)37-28(30,31)36-22/h5-6,9-10,12-13,19,33-34H,4,7-8,11,14-15H2,1-3H3/t19-/m1/s1/i4D2,5D,6D,9D,10D,12D,13D,14D2,15D2. The van der Waals surface area contributed by atoms with Crippen LogP contribution >= 0.6 is 0 Å². The average Bonchev–Trinajstić information content (AvgIpc) is 3.59. The molecule has 198 valence electrons. The molecule has 1 aliphatic heterocycles. The number of fused-ring (bicyclic) bond motifs is 2. The van der Waals surface area contributed by atoms with Crippen LogP contribution in [-0.2, 0) is 28.5 Å². The predicted molar refractivity (Wildman–Crippen MR) is 131 cm³/mol. The van der Waals surface area contributed by atoms with Crippen LogP contribution in [0.25, 0.3) is 10.9 Å². The Morgan fingerprint density at radius 3 is 2.57 bits per heavy atom. The highest BCUT2D eigenvalue weighted by Crippen LogP contribution is 2.52. The Kier molecular flexibility index (Phi) is 3.50. The molecule has 1 fully saturated rings. The highest BCUT2D eigenvalue weighted by atomic mass is 19.3. The number of ketones is 1. The number of aliphatic hydroxyl groups excluding tert-OH is 1. The normalized spacial score (nSPS) is 24.1. The van der Waals surface area contributed by atoms with Gasteiger partial charge in [-0.2, -0.15) is 0 Å². The van der Waals surface area contributed by atoms with E-state index < -0.39 is 136 Å². The summed E-state index contributed by atoms with van der Waals surface area (Å²) >= 11 is 0. The summed E-state index contributed by atoms with van der Waals surface area (Å²) < 4.78 is 153. The van der Waals surface area contributed by atoms with E-state index in [1.807, 2.05) is 0 Å². The van der Waals surface area contributed by atoms with Gasteiger partial charge in [-0.05, 0) is 60.6 Å². The first-order valence-electron chi connectivity index (χ1n) is 17.2. The van der Waals surface area contributed by atoms with Crippen LogP contribution in [0.4, 0.5) is 13.2 Å². The first-order chi connectivity index (χ1) is 22.1. The molecule has 0 saturated heterocycles. The van der Waals surface area contributed by atoms with Crippen molar-refractivity contribution in [2.24, 2.45) is 0 Å². The second kappa shape index (κ2) is 8.77. The number of benzene rings is 2. The van der Waals surface area contributed by atoms with Gasteiger partial charge in [0.05, 0.1) is 43.8 Å². The summed E-state index contributed by atoms with van der Waals surface area (Å²) in [6, 6.07) is -5.49.